The molecule has 1 aromatic carbocycles. The first-order valence-corrected chi connectivity index (χ1v) is 6.66. The third-order valence-corrected chi connectivity index (χ3v) is 3.76. The summed E-state index contributed by atoms with van der Waals surface area (Å²) in [4.78, 5) is 4.27. The molecule has 1 aliphatic rings. The molecule has 0 bridgehead atoms. The Morgan fingerprint density at radius 2 is 2.28 bits per heavy atom. The van der Waals surface area contributed by atoms with Crippen LogP contribution >= 0.6 is 15.9 Å². The molecular formula is C13H14BrN3O. The average Bonchev–Trinajstić information content (AvgIpc) is 2.75. The molecule has 5 heteroatoms. The molecule has 0 amide bonds. The molecule has 94 valence electrons. The van der Waals surface area contributed by atoms with Crippen molar-refractivity contribution in [1.29, 1.82) is 0 Å². The highest BCUT2D eigenvalue weighted by molar-refractivity contribution is 9.10. The SMILES string of the molecule is COc1ccc(Br)cc1-n1cncc1C1CNC1. The molecule has 0 radical (unpaired) electrons. The Hall–Kier alpha value is -1.33. The lowest BCUT2D eigenvalue weighted by molar-refractivity contribution is 0.408. The maximum absolute atomic E-state index is 5.43. The molecule has 2 aromatic rings. The van der Waals surface area contributed by atoms with Gasteiger partial charge in [0.05, 0.1) is 19.1 Å². The smallest absolute Gasteiger partial charge is 0.142 e. The lowest BCUT2D eigenvalue weighted by Crippen LogP contribution is -2.40. The van der Waals surface area contributed by atoms with Gasteiger partial charge in [0, 0.05) is 35.4 Å². The van der Waals surface area contributed by atoms with Crippen LogP contribution in [0.25, 0.3) is 5.69 Å². The van der Waals surface area contributed by atoms with Gasteiger partial charge in [-0.1, -0.05) is 15.9 Å². The van der Waals surface area contributed by atoms with Gasteiger partial charge in [0.1, 0.15) is 5.75 Å². The third-order valence-electron chi connectivity index (χ3n) is 3.27. The zero-order valence-electron chi connectivity index (χ0n) is 10.1. The maximum atomic E-state index is 5.43. The van der Waals surface area contributed by atoms with Crippen LogP contribution in [0.3, 0.4) is 0 Å². The van der Waals surface area contributed by atoms with Gasteiger partial charge in [-0.3, -0.25) is 4.57 Å². The molecule has 1 saturated heterocycles. The van der Waals surface area contributed by atoms with Crippen LogP contribution in [0.4, 0.5) is 0 Å². The van der Waals surface area contributed by atoms with Crippen LogP contribution in [-0.2, 0) is 0 Å². The number of ether oxygens (including phenoxy) is 1. The highest BCUT2D eigenvalue weighted by Crippen LogP contribution is 2.30. The van der Waals surface area contributed by atoms with E-state index >= 15 is 0 Å². The molecule has 1 aliphatic heterocycles. The second-order valence-electron chi connectivity index (χ2n) is 4.36. The summed E-state index contributed by atoms with van der Waals surface area (Å²) in [5.74, 6) is 1.39. The van der Waals surface area contributed by atoms with E-state index in [9.17, 15) is 0 Å². The van der Waals surface area contributed by atoms with Gasteiger partial charge in [-0.05, 0) is 18.2 Å². The zero-order valence-corrected chi connectivity index (χ0v) is 11.6. The van der Waals surface area contributed by atoms with Crippen molar-refractivity contribution in [2.75, 3.05) is 20.2 Å². The normalized spacial score (nSPS) is 15.4. The van der Waals surface area contributed by atoms with E-state index in [1.54, 1.807) is 7.11 Å². The number of halogens is 1. The second kappa shape index (κ2) is 4.74. The largest absolute Gasteiger partial charge is 0.495 e. The molecule has 0 atom stereocenters. The topological polar surface area (TPSA) is 39.1 Å². The highest BCUT2D eigenvalue weighted by atomic mass is 79.9. The third kappa shape index (κ3) is 1.93. The summed E-state index contributed by atoms with van der Waals surface area (Å²) in [7, 11) is 1.69. The molecule has 2 heterocycles. The van der Waals surface area contributed by atoms with E-state index in [-0.39, 0.29) is 0 Å². The maximum Gasteiger partial charge on any atom is 0.142 e. The number of hydrogen-bond acceptors (Lipinski definition) is 3. The summed E-state index contributed by atoms with van der Waals surface area (Å²) in [6.45, 7) is 2.03. The molecule has 4 nitrogen and oxygen atoms in total. The Balaban J connectivity index is 2.08. The Morgan fingerprint density at radius 1 is 1.44 bits per heavy atom. The van der Waals surface area contributed by atoms with E-state index in [0.717, 1.165) is 29.0 Å². The van der Waals surface area contributed by atoms with Gasteiger partial charge in [-0.15, -0.1) is 0 Å². The molecule has 0 aliphatic carbocycles. The van der Waals surface area contributed by atoms with Crippen LogP contribution in [0.2, 0.25) is 0 Å². The first-order valence-electron chi connectivity index (χ1n) is 5.86. The zero-order chi connectivity index (χ0) is 12.5. The van der Waals surface area contributed by atoms with Gasteiger partial charge in [0.15, 0.2) is 0 Å². The van der Waals surface area contributed by atoms with Crippen molar-refractivity contribution in [3.8, 4) is 11.4 Å². The Kier molecular flexibility index (Phi) is 3.09. The van der Waals surface area contributed by atoms with Crippen molar-refractivity contribution < 1.29 is 4.74 Å². The standard InChI is InChI=1S/C13H14BrN3O/c1-18-13-3-2-10(14)4-11(13)17-8-16-7-12(17)9-5-15-6-9/h2-4,7-9,15H,5-6H2,1H3. The fourth-order valence-corrected chi connectivity index (χ4v) is 2.51. The number of aromatic nitrogens is 2. The Labute approximate surface area is 114 Å². The fraction of sp³-hybridized carbons (Fsp3) is 0.308. The molecule has 3 rings (SSSR count). The van der Waals surface area contributed by atoms with Crippen LogP contribution in [0.1, 0.15) is 11.6 Å². The number of nitrogens with one attached hydrogen (secondary N) is 1. The number of rotatable bonds is 3. The van der Waals surface area contributed by atoms with Crippen molar-refractivity contribution in [2.24, 2.45) is 0 Å². The predicted octanol–water partition coefficient (Wildman–Crippen LogP) is 2.33. The van der Waals surface area contributed by atoms with Crippen molar-refractivity contribution in [2.45, 2.75) is 5.92 Å². The number of imidazole rings is 1. The van der Waals surface area contributed by atoms with Crippen molar-refractivity contribution >= 4 is 15.9 Å². The lowest BCUT2D eigenvalue weighted by atomic mass is 10.00. The molecule has 18 heavy (non-hydrogen) atoms. The van der Waals surface area contributed by atoms with Gasteiger partial charge in [0.2, 0.25) is 0 Å². The quantitative estimate of drug-likeness (QED) is 0.946. The van der Waals surface area contributed by atoms with Crippen LogP contribution in [0.15, 0.2) is 35.2 Å². The van der Waals surface area contributed by atoms with E-state index in [0.29, 0.717) is 5.92 Å². The highest BCUT2D eigenvalue weighted by Gasteiger charge is 2.23. The van der Waals surface area contributed by atoms with E-state index in [2.05, 4.69) is 36.9 Å². The van der Waals surface area contributed by atoms with Crippen LogP contribution < -0.4 is 10.1 Å². The fourth-order valence-electron chi connectivity index (χ4n) is 2.16. The first kappa shape index (κ1) is 11.7. The summed E-state index contributed by atoms with van der Waals surface area (Å²) < 4.78 is 8.56. The molecule has 1 fully saturated rings. The molecule has 1 aromatic heterocycles. The molecule has 0 spiro atoms. The van der Waals surface area contributed by atoms with Crippen molar-refractivity contribution in [3.63, 3.8) is 0 Å². The summed E-state index contributed by atoms with van der Waals surface area (Å²) in [5.41, 5.74) is 2.25. The molecule has 0 unspecified atom stereocenters. The second-order valence-corrected chi connectivity index (χ2v) is 5.28. The van der Waals surface area contributed by atoms with Crippen LogP contribution in [0, 0.1) is 0 Å². The summed E-state index contributed by atoms with van der Waals surface area (Å²) in [6, 6.07) is 5.99. The Morgan fingerprint density at radius 3 is 2.94 bits per heavy atom. The number of methoxy groups -OCH3 is 1. The van der Waals surface area contributed by atoms with E-state index in [1.807, 2.05) is 24.7 Å². The van der Waals surface area contributed by atoms with Gasteiger partial charge < -0.3 is 10.1 Å². The van der Waals surface area contributed by atoms with Crippen molar-refractivity contribution in [1.82, 2.24) is 14.9 Å². The van der Waals surface area contributed by atoms with Crippen LogP contribution in [0.5, 0.6) is 5.75 Å². The lowest BCUT2D eigenvalue weighted by Gasteiger charge is -2.28. The number of benzene rings is 1. The van der Waals surface area contributed by atoms with Crippen LogP contribution in [-0.4, -0.2) is 29.8 Å². The summed E-state index contributed by atoms with van der Waals surface area (Å²) >= 11 is 3.50. The van der Waals surface area contributed by atoms with E-state index < -0.39 is 0 Å². The molecular weight excluding hydrogens is 294 g/mol. The molecule has 1 N–H and O–H groups in total. The summed E-state index contributed by atoms with van der Waals surface area (Å²) in [5, 5.41) is 3.29. The first-order chi connectivity index (χ1) is 8.79. The monoisotopic (exact) mass is 307 g/mol. The molecule has 0 saturated carbocycles. The Bertz CT molecular complexity index is 563. The van der Waals surface area contributed by atoms with Gasteiger partial charge in [0.25, 0.3) is 0 Å². The van der Waals surface area contributed by atoms with E-state index in [4.69, 9.17) is 4.74 Å². The van der Waals surface area contributed by atoms with Gasteiger partial charge in [-0.25, -0.2) is 4.98 Å². The summed E-state index contributed by atoms with van der Waals surface area (Å²) in [6.07, 6.45) is 3.78. The van der Waals surface area contributed by atoms with Crippen molar-refractivity contribution in [3.05, 3.63) is 40.9 Å². The van der Waals surface area contributed by atoms with Gasteiger partial charge in [-0.2, -0.15) is 0 Å². The minimum Gasteiger partial charge on any atom is -0.495 e. The van der Waals surface area contributed by atoms with E-state index in [1.165, 1.54) is 5.69 Å². The minimum absolute atomic E-state index is 0.538. The minimum atomic E-state index is 0.538. The average molecular weight is 308 g/mol. The predicted molar refractivity (Wildman–Crippen MR) is 73.4 cm³/mol. The van der Waals surface area contributed by atoms with Gasteiger partial charge >= 0.3 is 0 Å². The number of hydrogen-bond donors (Lipinski definition) is 1. The number of nitrogens with zero attached hydrogens (tertiary/aromatic N) is 2.